The molecule has 2 aromatic carbocycles. The molecule has 0 bridgehead atoms. The van der Waals surface area contributed by atoms with Gasteiger partial charge in [0.15, 0.2) is 0 Å². The van der Waals surface area contributed by atoms with E-state index in [4.69, 9.17) is 9.47 Å². The SMILES string of the molecule is COc1ccc(OC)c([C@@H]2SCCN2S(=O)(=O)c2cccc(C(F)(F)F)c2)c1. The first-order valence-corrected chi connectivity index (χ1v) is 10.7. The second-order valence-corrected chi connectivity index (χ2v) is 9.05. The number of hydrogen-bond acceptors (Lipinski definition) is 5. The summed E-state index contributed by atoms with van der Waals surface area (Å²) < 4.78 is 77.1. The van der Waals surface area contributed by atoms with Crippen LogP contribution in [0.4, 0.5) is 13.2 Å². The van der Waals surface area contributed by atoms with E-state index in [0.29, 0.717) is 28.9 Å². The van der Waals surface area contributed by atoms with Crippen LogP contribution in [0, 0.1) is 0 Å². The van der Waals surface area contributed by atoms with Gasteiger partial charge in [-0.15, -0.1) is 11.8 Å². The fraction of sp³-hybridized carbons (Fsp3) is 0.333. The van der Waals surface area contributed by atoms with Crippen LogP contribution in [0.25, 0.3) is 0 Å². The van der Waals surface area contributed by atoms with Gasteiger partial charge in [-0.1, -0.05) is 6.07 Å². The Morgan fingerprint density at radius 3 is 2.50 bits per heavy atom. The van der Waals surface area contributed by atoms with Crippen molar-refractivity contribution in [3.8, 4) is 11.5 Å². The highest BCUT2D eigenvalue weighted by Crippen LogP contribution is 2.46. The van der Waals surface area contributed by atoms with Crippen molar-refractivity contribution in [1.82, 2.24) is 4.31 Å². The number of benzene rings is 2. The molecule has 5 nitrogen and oxygen atoms in total. The maximum atomic E-state index is 13.1. The molecular weight excluding hydrogens is 415 g/mol. The zero-order valence-electron chi connectivity index (χ0n) is 15.1. The summed E-state index contributed by atoms with van der Waals surface area (Å²) in [6.45, 7) is 0.175. The first-order valence-electron chi connectivity index (χ1n) is 8.21. The third kappa shape index (κ3) is 3.94. The number of nitrogens with zero attached hydrogens (tertiary/aromatic N) is 1. The Balaban J connectivity index is 2.03. The minimum absolute atomic E-state index is 0.175. The number of sulfonamides is 1. The van der Waals surface area contributed by atoms with Gasteiger partial charge in [-0.25, -0.2) is 8.42 Å². The van der Waals surface area contributed by atoms with E-state index in [1.165, 1.54) is 36.4 Å². The van der Waals surface area contributed by atoms with E-state index < -0.39 is 32.0 Å². The summed E-state index contributed by atoms with van der Waals surface area (Å²) >= 11 is 1.37. The number of alkyl halides is 3. The normalized spacial score (nSPS) is 18.2. The van der Waals surface area contributed by atoms with Gasteiger partial charge < -0.3 is 9.47 Å². The lowest BCUT2D eigenvalue weighted by Crippen LogP contribution is -2.31. The van der Waals surface area contributed by atoms with Crippen LogP contribution in [0.5, 0.6) is 11.5 Å². The summed E-state index contributed by atoms with van der Waals surface area (Å²) in [6, 6.07) is 8.82. The van der Waals surface area contributed by atoms with Gasteiger partial charge in [0, 0.05) is 17.9 Å². The van der Waals surface area contributed by atoms with Crippen molar-refractivity contribution in [1.29, 1.82) is 0 Å². The van der Waals surface area contributed by atoms with Crippen LogP contribution in [0.15, 0.2) is 47.4 Å². The molecule has 3 rings (SSSR count). The predicted octanol–water partition coefficient (Wildman–Crippen LogP) is 4.16. The van der Waals surface area contributed by atoms with Gasteiger partial charge in [0.05, 0.1) is 30.1 Å². The van der Waals surface area contributed by atoms with Crippen LogP contribution < -0.4 is 9.47 Å². The minimum Gasteiger partial charge on any atom is -0.497 e. The van der Waals surface area contributed by atoms with Crippen molar-refractivity contribution in [3.05, 3.63) is 53.6 Å². The molecule has 152 valence electrons. The predicted molar refractivity (Wildman–Crippen MR) is 100 cm³/mol. The molecule has 1 heterocycles. The molecule has 0 unspecified atom stereocenters. The Morgan fingerprint density at radius 2 is 1.86 bits per heavy atom. The smallest absolute Gasteiger partial charge is 0.416 e. The Kier molecular flexibility index (Phi) is 5.83. The molecule has 0 radical (unpaired) electrons. The third-order valence-electron chi connectivity index (χ3n) is 4.32. The summed E-state index contributed by atoms with van der Waals surface area (Å²) in [5.74, 6) is 1.51. The van der Waals surface area contributed by atoms with Gasteiger partial charge in [-0.05, 0) is 36.4 Å². The molecule has 0 aromatic heterocycles. The molecule has 0 aliphatic carbocycles. The number of thioether (sulfide) groups is 1. The van der Waals surface area contributed by atoms with Crippen molar-refractivity contribution in [3.63, 3.8) is 0 Å². The highest BCUT2D eigenvalue weighted by atomic mass is 32.2. The topological polar surface area (TPSA) is 55.8 Å². The first kappa shape index (κ1) is 20.8. The summed E-state index contributed by atoms with van der Waals surface area (Å²) in [5.41, 5.74) is -0.421. The van der Waals surface area contributed by atoms with Crippen LogP contribution in [-0.4, -0.2) is 39.2 Å². The molecule has 28 heavy (non-hydrogen) atoms. The van der Waals surface area contributed by atoms with Crippen LogP contribution in [0.2, 0.25) is 0 Å². The van der Waals surface area contributed by atoms with E-state index in [0.717, 1.165) is 12.1 Å². The average molecular weight is 433 g/mol. The summed E-state index contributed by atoms with van der Waals surface area (Å²) in [7, 11) is -1.19. The Bertz CT molecular complexity index is 964. The van der Waals surface area contributed by atoms with Gasteiger partial charge in [0.2, 0.25) is 10.0 Å². The van der Waals surface area contributed by atoms with E-state index >= 15 is 0 Å². The molecule has 1 atom stereocenters. The lowest BCUT2D eigenvalue weighted by atomic mass is 10.2. The van der Waals surface area contributed by atoms with Crippen molar-refractivity contribution in [2.24, 2.45) is 0 Å². The molecule has 0 spiro atoms. The van der Waals surface area contributed by atoms with E-state index in [-0.39, 0.29) is 6.54 Å². The summed E-state index contributed by atoms with van der Waals surface area (Å²) in [5, 5.41) is -0.635. The largest absolute Gasteiger partial charge is 0.497 e. The maximum absolute atomic E-state index is 13.1. The van der Waals surface area contributed by atoms with Crippen LogP contribution in [0.3, 0.4) is 0 Å². The summed E-state index contributed by atoms with van der Waals surface area (Å²) in [4.78, 5) is -0.392. The molecule has 10 heteroatoms. The van der Waals surface area contributed by atoms with E-state index in [1.807, 2.05) is 0 Å². The lowest BCUT2D eigenvalue weighted by Gasteiger charge is -2.25. The molecule has 1 saturated heterocycles. The van der Waals surface area contributed by atoms with Crippen LogP contribution in [-0.2, 0) is 16.2 Å². The van der Waals surface area contributed by atoms with Gasteiger partial charge in [-0.2, -0.15) is 17.5 Å². The number of ether oxygens (including phenoxy) is 2. The fourth-order valence-corrected chi connectivity index (χ4v) is 6.24. The van der Waals surface area contributed by atoms with Crippen molar-refractivity contribution in [2.75, 3.05) is 26.5 Å². The number of halogens is 3. The molecule has 1 aliphatic rings. The Morgan fingerprint density at radius 1 is 1.11 bits per heavy atom. The Labute approximate surface area is 165 Å². The maximum Gasteiger partial charge on any atom is 0.416 e. The highest BCUT2D eigenvalue weighted by molar-refractivity contribution is 8.01. The van der Waals surface area contributed by atoms with Gasteiger partial charge >= 0.3 is 6.18 Å². The van der Waals surface area contributed by atoms with Crippen molar-refractivity contribution < 1.29 is 31.1 Å². The first-order chi connectivity index (χ1) is 13.2. The second-order valence-electron chi connectivity index (χ2n) is 5.97. The summed E-state index contributed by atoms with van der Waals surface area (Å²) in [6.07, 6.45) is -4.62. The molecular formula is C18H18F3NO4S2. The monoisotopic (exact) mass is 433 g/mol. The van der Waals surface area contributed by atoms with Crippen molar-refractivity contribution in [2.45, 2.75) is 16.4 Å². The Hall–Kier alpha value is -1.91. The standard InChI is InChI=1S/C18H18F3NO4S2/c1-25-13-6-7-16(26-2)15(11-13)17-22(8-9-27-17)28(23,24)14-5-3-4-12(10-14)18(19,20)21/h3-7,10-11,17H,8-9H2,1-2H3/t17-/m0/s1. The quantitative estimate of drug-likeness (QED) is 0.709. The van der Waals surface area contributed by atoms with Gasteiger partial charge in [0.25, 0.3) is 0 Å². The molecule has 0 amide bonds. The van der Waals surface area contributed by atoms with Crippen molar-refractivity contribution >= 4 is 21.8 Å². The van der Waals surface area contributed by atoms with E-state index in [2.05, 4.69) is 0 Å². The average Bonchev–Trinajstić information content (AvgIpc) is 3.17. The fourth-order valence-electron chi connectivity index (χ4n) is 2.95. The van der Waals surface area contributed by atoms with Gasteiger partial charge in [0.1, 0.15) is 11.5 Å². The molecule has 2 aromatic rings. The zero-order valence-corrected chi connectivity index (χ0v) is 16.7. The molecule has 1 fully saturated rings. The molecule has 1 aliphatic heterocycles. The zero-order chi connectivity index (χ0) is 20.5. The van der Waals surface area contributed by atoms with E-state index in [9.17, 15) is 21.6 Å². The number of rotatable bonds is 5. The molecule has 0 N–H and O–H groups in total. The third-order valence-corrected chi connectivity index (χ3v) is 7.56. The molecule has 0 saturated carbocycles. The second kappa shape index (κ2) is 7.84. The number of methoxy groups -OCH3 is 2. The lowest BCUT2D eigenvalue weighted by molar-refractivity contribution is -0.137. The van der Waals surface area contributed by atoms with E-state index in [1.54, 1.807) is 18.2 Å². The number of hydrogen-bond donors (Lipinski definition) is 0. The van der Waals surface area contributed by atoms with Crippen LogP contribution >= 0.6 is 11.8 Å². The minimum atomic E-state index is -4.62. The van der Waals surface area contributed by atoms with Gasteiger partial charge in [-0.3, -0.25) is 0 Å². The van der Waals surface area contributed by atoms with Crippen LogP contribution in [0.1, 0.15) is 16.5 Å². The highest BCUT2D eigenvalue weighted by Gasteiger charge is 2.39.